The number of aromatic nitrogens is 2. The van der Waals surface area contributed by atoms with E-state index in [0.717, 1.165) is 12.1 Å². The molecule has 0 aliphatic rings. The van der Waals surface area contributed by atoms with Crippen molar-refractivity contribution in [3.05, 3.63) is 42.2 Å². The summed E-state index contributed by atoms with van der Waals surface area (Å²) in [4.78, 5) is 8.54. The highest BCUT2D eigenvalue weighted by atomic mass is 15.0. The van der Waals surface area contributed by atoms with E-state index in [9.17, 15) is 0 Å². The van der Waals surface area contributed by atoms with Crippen LogP contribution in [0.2, 0.25) is 0 Å². The predicted octanol–water partition coefficient (Wildman–Crippen LogP) is 2.45. The Bertz CT molecular complexity index is 557. The van der Waals surface area contributed by atoms with Gasteiger partial charge in [-0.3, -0.25) is 4.98 Å². The van der Waals surface area contributed by atoms with Crippen molar-refractivity contribution in [1.29, 1.82) is 5.26 Å². The monoisotopic (exact) mass is 224 g/mol. The largest absolute Gasteiger partial charge is 0.369 e. The molecule has 0 aliphatic heterocycles. The van der Waals surface area contributed by atoms with Gasteiger partial charge in [0.2, 0.25) is 0 Å². The lowest BCUT2D eigenvalue weighted by Gasteiger charge is -2.09. The lowest BCUT2D eigenvalue weighted by atomic mass is 10.1. The van der Waals surface area contributed by atoms with Crippen molar-refractivity contribution >= 4 is 5.82 Å². The lowest BCUT2D eigenvalue weighted by molar-refractivity contribution is 1.12. The van der Waals surface area contributed by atoms with Crippen LogP contribution >= 0.6 is 0 Å². The van der Waals surface area contributed by atoms with E-state index in [1.54, 1.807) is 18.5 Å². The Kier molecular flexibility index (Phi) is 3.31. The number of hydrogen-bond acceptors (Lipinski definition) is 4. The van der Waals surface area contributed by atoms with Crippen molar-refractivity contribution in [3.63, 3.8) is 0 Å². The van der Waals surface area contributed by atoms with Gasteiger partial charge in [0.25, 0.3) is 0 Å². The molecule has 17 heavy (non-hydrogen) atoms. The van der Waals surface area contributed by atoms with E-state index < -0.39 is 0 Å². The minimum absolute atomic E-state index is 0.604. The van der Waals surface area contributed by atoms with Crippen molar-refractivity contribution in [2.75, 3.05) is 11.9 Å². The van der Waals surface area contributed by atoms with E-state index in [1.807, 2.05) is 25.1 Å². The quantitative estimate of drug-likeness (QED) is 0.869. The van der Waals surface area contributed by atoms with Gasteiger partial charge in [-0.1, -0.05) is 18.2 Å². The standard InChI is InChI=1S/C13H12N4/c1-2-15-13-12(16-7-8-17-13)11-6-4-3-5-10(11)9-14/h3-8H,2H2,1H3,(H,15,17). The van der Waals surface area contributed by atoms with Crippen molar-refractivity contribution in [2.45, 2.75) is 6.92 Å². The topological polar surface area (TPSA) is 61.6 Å². The van der Waals surface area contributed by atoms with Gasteiger partial charge in [-0.2, -0.15) is 5.26 Å². The summed E-state index contributed by atoms with van der Waals surface area (Å²) >= 11 is 0. The highest BCUT2D eigenvalue weighted by Crippen LogP contribution is 2.26. The molecule has 0 amide bonds. The predicted molar refractivity (Wildman–Crippen MR) is 66.3 cm³/mol. The summed E-state index contributed by atoms with van der Waals surface area (Å²) in [5.74, 6) is 0.706. The Morgan fingerprint density at radius 1 is 1.24 bits per heavy atom. The Morgan fingerprint density at radius 3 is 2.76 bits per heavy atom. The number of rotatable bonds is 3. The fourth-order valence-corrected chi connectivity index (χ4v) is 1.62. The molecule has 0 spiro atoms. The van der Waals surface area contributed by atoms with E-state index in [4.69, 9.17) is 5.26 Å². The highest BCUT2D eigenvalue weighted by molar-refractivity contribution is 5.75. The lowest BCUT2D eigenvalue weighted by Crippen LogP contribution is -2.03. The first-order valence-electron chi connectivity index (χ1n) is 5.41. The van der Waals surface area contributed by atoms with Gasteiger partial charge in [0.15, 0.2) is 5.82 Å². The molecule has 1 aromatic heterocycles. The molecular weight excluding hydrogens is 212 g/mol. The van der Waals surface area contributed by atoms with E-state index in [2.05, 4.69) is 21.4 Å². The second-order valence-electron chi connectivity index (χ2n) is 3.44. The Balaban J connectivity index is 2.57. The molecule has 0 radical (unpaired) electrons. The molecule has 84 valence electrons. The number of nitrogens with one attached hydrogen (secondary N) is 1. The summed E-state index contributed by atoms with van der Waals surface area (Å²) < 4.78 is 0. The molecule has 0 unspecified atom stereocenters. The van der Waals surface area contributed by atoms with E-state index >= 15 is 0 Å². The molecule has 0 atom stereocenters. The molecule has 1 heterocycles. The van der Waals surface area contributed by atoms with Crippen LogP contribution in [0.1, 0.15) is 12.5 Å². The minimum Gasteiger partial charge on any atom is -0.369 e. The maximum absolute atomic E-state index is 9.08. The number of anilines is 1. The minimum atomic E-state index is 0.604. The van der Waals surface area contributed by atoms with Gasteiger partial charge >= 0.3 is 0 Å². The van der Waals surface area contributed by atoms with Crippen LogP contribution in [-0.4, -0.2) is 16.5 Å². The smallest absolute Gasteiger partial charge is 0.152 e. The molecule has 0 fully saturated rings. The first-order valence-corrected chi connectivity index (χ1v) is 5.41. The average molecular weight is 224 g/mol. The van der Waals surface area contributed by atoms with Gasteiger partial charge in [0.1, 0.15) is 5.69 Å². The summed E-state index contributed by atoms with van der Waals surface area (Å²) in [7, 11) is 0. The van der Waals surface area contributed by atoms with Gasteiger partial charge in [0.05, 0.1) is 11.6 Å². The molecule has 2 aromatic rings. The molecule has 2 rings (SSSR count). The maximum Gasteiger partial charge on any atom is 0.152 e. The van der Waals surface area contributed by atoms with E-state index in [-0.39, 0.29) is 0 Å². The summed E-state index contributed by atoms with van der Waals surface area (Å²) in [5.41, 5.74) is 2.12. The molecule has 1 N–H and O–H groups in total. The third-order valence-electron chi connectivity index (χ3n) is 2.35. The Morgan fingerprint density at radius 2 is 2.00 bits per heavy atom. The van der Waals surface area contributed by atoms with E-state index in [0.29, 0.717) is 17.1 Å². The normalized spacial score (nSPS) is 9.65. The van der Waals surface area contributed by atoms with Gasteiger partial charge < -0.3 is 5.32 Å². The van der Waals surface area contributed by atoms with Crippen LogP contribution in [0.5, 0.6) is 0 Å². The zero-order valence-electron chi connectivity index (χ0n) is 9.51. The Hall–Kier alpha value is -2.41. The molecule has 0 saturated heterocycles. The summed E-state index contributed by atoms with van der Waals surface area (Å²) in [6, 6.07) is 9.55. The first kappa shape index (κ1) is 11.1. The zero-order chi connectivity index (χ0) is 12.1. The van der Waals surface area contributed by atoms with Crippen molar-refractivity contribution in [3.8, 4) is 17.3 Å². The van der Waals surface area contributed by atoms with Gasteiger partial charge in [-0.05, 0) is 13.0 Å². The van der Waals surface area contributed by atoms with Crippen LogP contribution in [0.3, 0.4) is 0 Å². The molecule has 0 saturated carbocycles. The number of hydrogen-bond donors (Lipinski definition) is 1. The third kappa shape index (κ3) is 2.23. The zero-order valence-corrected chi connectivity index (χ0v) is 9.51. The maximum atomic E-state index is 9.08. The second kappa shape index (κ2) is 5.08. The van der Waals surface area contributed by atoms with Gasteiger partial charge in [-0.25, -0.2) is 4.98 Å². The fraction of sp³-hybridized carbons (Fsp3) is 0.154. The van der Waals surface area contributed by atoms with Crippen molar-refractivity contribution in [1.82, 2.24) is 9.97 Å². The van der Waals surface area contributed by atoms with Gasteiger partial charge in [-0.15, -0.1) is 0 Å². The number of nitriles is 1. The summed E-state index contributed by atoms with van der Waals surface area (Å²) in [6.07, 6.45) is 3.26. The van der Waals surface area contributed by atoms with E-state index in [1.165, 1.54) is 0 Å². The first-order chi connectivity index (χ1) is 8.36. The molecule has 4 heteroatoms. The average Bonchev–Trinajstić information content (AvgIpc) is 2.40. The fourth-order valence-electron chi connectivity index (χ4n) is 1.62. The van der Waals surface area contributed by atoms with Crippen LogP contribution in [0.25, 0.3) is 11.3 Å². The molecular formula is C13H12N4. The van der Waals surface area contributed by atoms with Crippen LogP contribution in [0.15, 0.2) is 36.7 Å². The van der Waals surface area contributed by atoms with Crippen LogP contribution in [0.4, 0.5) is 5.82 Å². The summed E-state index contributed by atoms with van der Waals surface area (Å²) in [5, 5.41) is 12.2. The molecule has 4 nitrogen and oxygen atoms in total. The SMILES string of the molecule is CCNc1nccnc1-c1ccccc1C#N. The highest BCUT2D eigenvalue weighted by Gasteiger charge is 2.10. The molecule has 1 aromatic carbocycles. The van der Waals surface area contributed by atoms with Crippen LogP contribution in [-0.2, 0) is 0 Å². The molecule has 0 aliphatic carbocycles. The van der Waals surface area contributed by atoms with Crippen LogP contribution in [0, 0.1) is 11.3 Å². The van der Waals surface area contributed by atoms with Crippen molar-refractivity contribution in [2.24, 2.45) is 0 Å². The van der Waals surface area contributed by atoms with Gasteiger partial charge in [0, 0.05) is 24.5 Å². The second-order valence-corrected chi connectivity index (χ2v) is 3.44. The van der Waals surface area contributed by atoms with Crippen molar-refractivity contribution < 1.29 is 0 Å². The Labute approximate surface area is 100.0 Å². The van der Waals surface area contributed by atoms with Crippen LogP contribution < -0.4 is 5.32 Å². The number of nitrogens with zero attached hydrogens (tertiary/aromatic N) is 3. The summed E-state index contributed by atoms with van der Waals surface area (Å²) in [6.45, 7) is 2.76. The number of benzene rings is 1. The third-order valence-corrected chi connectivity index (χ3v) is 2.35. The molecule has 0 bridgehead atoms.